The molecule has 116 valence electrons. The summed E-state index contributed by atoms with van der Waals surface area (Å²) in [5.74, 6) is 0.973. The standard InChI is InChI=1S/C18H21NO3/c1-2-22-14-7-8-16(20)13(9-14)11-19-18-15-6-4-3-5-12(15)10-17(18)21/h3-9,17-21H,2,10-11H2,1H3/t17-,18+/m0/s1. The molecular weight excluding hydrogens is 278 g/mol. The van der Waals surface area contributed by atoms with Crippen LogP contribution in [0.1, 0.15) is 29.7 Å². The lowest BCUT2D eigenvalue weighted by Crippen LogP contribution is -2.28. The molecule has 0 saturated carbocycles. The van der Waals surface area contributed by atoms with Crippen LogP contribution in [0.4, 0.5) is 0 Å². The molecule has 4 nitrogen and oxygen atoms in total. The molecule has 2 aromatic rings. The van der Waals surface area contributed by atoms with Crippen LogP contribution in [-0.4, -0.2) is 22.9 Å². The first kappa shape index (κ1) is 14.9. The summed E-state index contributed by atoms with van der Waals surface area (Å²) in [6, 6.07) is 13.2. The molecule has 3 N–H and O–H groups in total. The van der Waals surface area contributed by atoms with Gasteiger partial charge >= 0.3 is 0 Å². The van der Waals surface area contributed by atoms with Crippen molar-refractivity contribution >= 4 is 0 Å². The van der Waals surface area contributed by atoms with Gasteiger partial charge in [-0.05, 0) is 36.2 Å². The summed E-state index contributed by atoms with van der Waals surface area (Å²) in [5, 5.41) is 23.6. The summed E-state index contributed by atoms with van der Waals surface area (Å²) < 4.78 is 5.46. The van der Waals surface area contributed by atoms with Crippen molar-refractivity contribution in [3.8, 4) is 11.5 Å². The zero-order valence-corrected chi connectivity index (χ0v) is 12.6. The maximum Gasteiger partial charge on any atom is 0.120 e. The predicted molar refractivity (Wildman–Crippen MR) is 85.0 cm³/mol. The highest BCUT2D eigenvalue weighted by atomic mass is 16.5. The number of phenolic OH excluding ortho intramolecular Hbond substituents is 1. The lowest BCUT2D eigenvalue weighted by atomic mass is 10.1. The minimum absolute atomic E-state index is 0.105. The van der Waals surface area contributed by atoms with E-state index in [1.807, 2.05) is 37.3 Å². The van der Waals surface area contributed by atoms with E-state index in [4.69, 9.17) is 4.74 Å². The molecule has 22 heavy (non-hydrogen) atoms. The van der Waals surface area contributed by atoms with Gasteiger partial charge in [-0.1, -0.05) is 24.3 Å². The minimum atomic E-state index is -0.436. The molecule has 0 saturated heterocycles. The third-order valence-corrected chi connectivity index (χ3v) is 4.08. The largest absolute Gasteiger partial charge is 0.508 e. The lowest BCUT2D eigenvalue weighted by molar-refractivity contribution is 0.140. The number of phenols is 1. The quantitative estimate of drug-likeness (QED) is 0.794. The Morgan fingerprint density at radius 3 is 2.86 bits per heavy atom. The number of rotatable bonds is 5. The fourth-order valence-electron chi connectivity index (χ4n) is 3.00. The van der Waals surface area contributed by atoms with Gasteiger partial charge in [-0.25, -0.2) is 0 Å². The predicted octanol–water partition coefficient (Wildman–Crippen LogP) is 2.54. The second-order valence-corrected chi connectivity index (χ2v) is 5.55. The fourth-order valence-corrected chi connectivity index (χ4v) is 3.00. The van der Waals surface area contributed by atoms with Crippen LogP contribution in [0.3, 0.4) is 0 Å². The maximum absolute atomic E-state index is 10.2. The molecule has 4 heteroatoms. The van der Waals surface area contributed by atoms with Crippen molar-refractivity contribution in [2.24, 2.45) is 0 Å². The third kappa shape index (κ3) is 2.93. The van der Waals surface area contributed by atoms with Gasteiger partial charge in [-0.3, -0.25) is 0 Å². The number of hydrogen-bond acceptors (Lipinski definition) is 4. The molecule has 0 aliphatic heterocycles. The van der Waals surface area contributed by atoms with E-state index in [1.54, 1.807) is 12.1 Å². The number of aliphatic hydroxyl groups is 1. The Labute approximate surface area is 130 Å². The summed E-state index contributed by atoms with van der Waals surface area (Å²) in [6.45, 7) is 2.99. The van der Waals surface area contributed by atoms with Crippen LogP contribution in [-0.2, 0) is 13.0 Å². The first-order valence-electron chi connectivity index (χ1n) is 7.63. The van der Waals surface area contributed by atoms with E-state index < -0.39 is 6.10 Å². The van der Waals surface area contributed by atoms with E-state index in [0.717, 1.165) is 16.9 Å². The number of hydrogen-bond donors (Lipinski definition) is 3. The Balaban J connectivity index is 1.74. The molecular formula is C18H21NO3. The fraction of sp³-hybridized carbons (Fsp3) is 0.333. The van der Waals surface area contributed by atoms with Gasteiger partial charge in [-0.2, -0.15) is 0 Å². The van der Waals surface area contributed by atoms with Crippen molar-refractivity contribution in [3.63, 3.8) is 0 Å². The normalized spacial score (nSPS) is 19.9. The van der Waals surface area contributed by atoms with Crippen molar-refractivity contribution in [1.82, 2.24) is 5.32 Å². The summed E-state index contributed by atoms with van der Waals surface area (Å²) in [5.41, 5.74) is 3.08. The molecule has 0 radical (unpaired) electrons. The molecule has 1 aliphatic carbocycles. The molecule has 3 rings (SSSR count). The molecule has 0 amide bonds. The van der Waals surface area contributed by atoms with E-state index in [2.05, 4.69) is 5.32 Å². The van der Waals surface area contributed by atoms with E-state index in [9.17, 15) is 10.2 Å². The van der Waals surface area contributed by atoms with Crippen LogP contribution in [0, 0.1) is 0 Å². The zero-order valence-electron chi connectivity index (χ0n) is 12.6. The van der Waals surface area contributed by atoms with Crippen molar-refractivity contribution < 1.29 is 14.9 Å². The molecule has 2 atom stereocenters. The molecule has 0 spiro atoms. The average Bonchev–Trinajstić information content (AvgIpc) is 2.83. The van der Waals surface area contributed by atoms with Crippen LogP contribution in [0.5, 0.6) is 11.5 Å². The summed E-state index contributed by atoms with van der Waals surface area (Å²) in [4.78, 5) is 0. The zero-order chi connectivity index (χ0) is 15.5. The molecule has 1 aliphatic rings. The maximum atomic E-state index is 10.2. The molecule has 0 heterocycles. The number of fused-ring (bicyclic) bond motifs is 1. The number of aromatic hydroxyl groups is 1. The Morgan fingerprint density at radius 1 is 1.23 bits per heavy atom. The smallest absolute Gasteiger partial charge is 0.120 e. The molecule has 0 fully saturated rings. The number of ether oxygens (including phenoxy) is 1. The summed E-state index contributed by atoms with van der Waals surface area (Å²) in [6.07, 6.45) is 0.230. The average molecular weight is 299 g/mol. The van der Waals surface area contributed by atoms with Gasteiger partial charge in [0.25, 0.3) is 0 Å². The van der Waals surface area contributed by atoms with Gasteiger partial charge in [0.2, 0.25) is 0 Å². The van der Waals surface area contributed by atoms with Crippen molar-refractivity contribution in [3.05, 3.63) is 59.2 Å². The van der Waals surface area contributed by atoms with Gasteiger partial charge in [0.1, 0.15) is 11.5 Å². The van der Waals surface area contributed by atoms with Crippen molar-refractivity contribution in [1.29, 1.82) is 0 Å². The second kappa shape index (κ2) is 6.38. The van der Waals surface area contributed by atoms with Gasteiger partial charge in [-0.15, -0.1) is 0 Å². The second-order valence-electron chi connectivity index (χ2n) is 5.55. The lowest BCUT2D eigenvalue weighted by Gasteiger charge is -2.18. The number of aliphatic hydroxyl groups excluding tert-OH is 1. The SMILES string of the molecule is CCOc1ccc(O)c(CN[C@@H]2c3ccccc3C[C@@H]2O)c1. The van der Waals surface area contributed by atoms with Gasteiger partial charge in [0.05, 0.1) is 18.8 Å². The van der Waals surface area contributed by atoms with Crippen LogP contribution in [0.25, 0.3) is 0 Å². The van der Waals surface area contributed by atoms with Crippen LogP contribution >= 0.6 is 0 Å². The molecule has 2 aromatic carbocycles. The minimum Gasteiger partial charge on any atom is -0.508 e. The first-order valence-corrected chi connectivity index (χ1v) is 7.63. The molecule has 0 aromatic heterocycles. The Morgan fingerprint density at radius 2 is 2.05 bits per heavy atom. The van der Waals surface area contributed by atoms with Crippen LogP contribution in [0.15, 0.2) is 42.5 Å². The first-order chi connectivity index (χ1) is 10.7. The highest BCUT2D eigenvalue weighted by Gasteiger charge is 2.30. The van der Waals surface area contributed by atoms with Crippen LogP contribution < -0.4 is 10.1 Å². The number of benzene rings is 2. The van der Waals surface area contributed by atoms with Gasteiger partial charge in [0, 0.05) is 18.5 Å². The van der Waals surface area contributed by atoms with Crippen molar-refractivity contribution in [2.75, 3.05) is 6.61 Å². The third-order valence-electron chi connectivity index (χ3n) is 4.08. The molecule has 0 unspecified atom stereocenters. The summed E-state index contributed by atoms with van der Waals surface area (Å²) in [7, 11) is 0. The van der Waals surface area contributed by atoms with E-state index >= 15 is 0 Å². The van der Waals surface area contributed by atoms with Crippen LogP contribution in [0.2, 0.25) is 0 Å². The van der Waals surface area contributed by atoms with Gasteiger partial charge in [0.15, 0.2) is 0 Å². The van der Waals surface area contributed by atoms with Gasteiger partial charge < -0.3 is 20.3 Å². The Kier molecular flexibility index (Phi) is 4.32. The number of nitrogens with one attached hydrogen (secondary N) is 1. The monoisotopic (exact) mass is 299 g/mol. The summed E-state index contributed by atoms with van der Waals surface area (Å²) >= 11 is 0. The topological polar surface area (TPSA) is 61.7 Å². The Bertz CT molecular complexity index is 657. The highest BCUT2D eigenvalue weighted by Crippen LogP contribution is 2.32. The highest BCUT2D eigenvalue weighted by molar-refractivity contribution is 5.40. The molecule has 0 bridgehead atoms. The van der Waals surface area contributed by atoms with E-state index in [0.29, 0.717) is 19.6 Å². The van der Waals surface area contributed by atoms with E-state index in [1.165, 1.54) is 5.56 Å². The van der Waals surface area contributed by atoms with Crippen molar-refractivity contribution in [2.45, 2.75) is 32.0 Å². The van der Waals surface area contributed by atoms with E-state index in [-0.39, 0.29) is 11.8 Å². The Hall–Kier alpha value is -2.04.